The first-order chi connectivity index (χ1) is 20.9. The van der Waals surface area contributed by atoms with Crippen molar-refractivity contribution >= 4 is 18.2 Å². The van der Waals surface area contributed by atoms with Crippen molar-refractivity contribution in [2.75, 3.05) is 27.4 Å². The molecule has 3 atom stereocenters. The summed E-state index contributed by atoms with van der Waals surface area (Å²) in [6.45, 7) is 19.4. The quantitative estimate of drug-likeness (QED) is 0.131. The van der Waals surface area contributed by atoms with Crippen LogP contribution in [0.15, 0.2) is 29.3 Å². The van der Waals surface area contributed by atoms with Crippen LogP contribution in [0, 0.1) is 11.8 Å². The van der Waals surface area contributed by atoms with Crippen molar-refractivity contribution in [1.82, 2.24) is 4.90 Å². The second-order valence-corrected chi connectivity index (χ2v) is 14.2. The lowest BCUT2D eigenvalue weighted by molar-refractivity contribution is -0.137. The molecule has 1 aromatic carbocycles. The minimum Gasteiger partial charge on any atom is -0.493 e. The summed E-state index contributed by atoms with van der Waals surface area (Å²) in [6.07, 6.45) is -0.548. The van der Waals surface area contributed by atoms with Crippen LogP contribution in [0.4, 0.5) is 9.59 Å². The summed E-state index contributed by atoms with van der Waals surface area (Å²) in [6, 6.07) is 5.06. The number of carbonyl (C=O) groups excluding carboxylic acids is 3. The van der Waals surface area contributed by atoms with E-state index in [-0.39, 0.29) is 18.3 Å². The smallest absolute Gasteiger partial charge is 0.493 e. The Hall–Kier alpha value is -3.27. The van der Waals surface area contributed by atoms with E-state index >= 15 is 0 Å². The minimum absolute atomic E-state index is 0.0135. The van der Waals surface area contributed by atoms with E-state index in [9.17, 15) is 14.4 Å². The Balaban J connectivity index is 2.52. The summed E-state index contributed by atoms with van der Waals surface area (Å²) in [5.41, 5.74) is 0.543. The number of nitrogens with zero attached hydrogens (tertiary/aromatic N) is 1. The van der Waals surface area contributed by atoms with Gasteiger partial charge in [-0.05, 0) is 97.8 Å². The lowest BCUT2D eigenvalue weighted by Crippen LogP contribution is -2.58. The van der Waals surface area contributed by atoms with Gasteiger partial charge in [0.1, 0.15) is 17.3 Å². The number of likely N-dealkylation sites (tertiary alicyclic amines) is 1. The number of rotatable bonds is 12. The number of hydrogen-bond donors (Lipinski definition) is 0. The number of allylic oxidation sites excluding steroid dienone is 1. The number of benzene rings is 1. The summed E-state index contributed by atoms with van der Waals surface area (Å²) in [4.78, 5) is 41.7. The average molecular weight is 634 g/mol. The first-order valence-corrected chi connectivity index (χ1v) is 15.8. The molecule has 0 bridgehead atoms. The number of imide groups is 1. The molecule has 10 nitrogen and oxygen atoms in total. The fourth-order valence-electron chi connectivity index (χ4n) is 5.16. The summed E-state index contributed by atoms with van der Waals surface area (Å²) in [5.74, 6) is 0.973. The van der Waals surface area contributed by atoms with E-state index in [4.69, 9.17) is 28.4 Å². The highest BCUT2D eigenvalue weighted by Crippen LogP contribution is 2.37. The van der Waals surface area contributed by atoms with Gasteiger partial charge in [0.25, 0.3) is 5.91 Å². The van der Waals surface area contributed by atoms with Gasteiger partial charge in [0.05, 0.1) is 19.8 Å². The monoisotopic (exact) mass is 633 g/mol. The molecule has 45 heavy (non-hydrogen) atoms. The van der Waals surface area contributed by atoms with Gasteiger partial charge in [0.2, 0.25) is 0 Å². The molecule has 0 N–H and O–H groups in total. The molecule has 1 aromatic rings. The Morgan fingerprint density at radius 2 is 1.60 bits per heavy atom. The zero-order chi connectivity index (χ0) is 34.1. The highest BCUT2D eigenvalue weighted by Gasteiger charge is 2.47. The number of piperidine rings is 1. The van der Waals surface area contributed by atoms with Crippen molar-refractivity contribution in [1.29, 1.82) is 0 Å². The molecule has 10 heteroatoms. The number of hydrogen-bond acceptors (Lipinski definition) is 9. The van der Waals surface area contributed by atoms with Gasteiger partial charge < -0.3 is 28.4 Å². The molecular weight excluding hydrogens is 578 g/mol. The third kappa shape index (κ3) is 11.9. The SMILES string of the molecule is COCCCOc1cc(C[C@@H](C[C@H]2[C@@H](OC(=O)OC(C)(C)C)CC(=C(C)C)C(=O)N2C(=O)OC(C)(C)C)C(C)C)ccc1OC. The Morgan fingerprint density at radius 1 is 0.956 bits per heavy atom. The van der Waals surface area contributed by atoms with E-state index in [1.54, 1.807) is 69.6 Å². The molecule has 1 saturated heterocycles. The van der Waals surface area contributed by atoms with Gasteiger partial charge >= 0.3 is 12.2 Å². The first-order valence-electron chi connectivity index (χ1n) is 15.8. The van der Waals surface area contributed by atoms with E-state index < -0.39 is 41.5 Å². The van der Waals surface area contributed by atoms with Gasteiger partial charge in [0, 0.05) is 32.1 Å². The van der Waals surface area contributed by atoms with Crippen LogP contribution in [0.5, 0.6) is 11.5 Å². The predicted molar refractivity (Wildman–Crippen MR) is 173 cm³/mol. The molecule has 2 rings (SSSR count). The number of carbonyl (C=O) groups is 3. The second-order valence-electron chi connectivity index (χ2n) is 14.2. The van der Waals surface area contributed by atoms with Crippen molar-refractivity contribution in [3.8, 4) is 11.5 Å². The number of ether oxygens (including phenoxy) is 6. The molecule has 0 saturated carbocycles. The standard InChI is InChI=1S/C35H55NO9/c1-22(2)25(18-24-14-15-28(41-12)30(19-24)42-17-13-16-40-11)20-27-29(43-33(39)45-35(8,9)10)21-26(23(3)4)31(37)36(27)32(38)44-34(5,6)7/h14-15,19,22,25,27,29H,13,16-18,20-21H2,1-12H3/t25-,27-,29-/m0/s1. The molecule has 0 spiro atoms. The molecular formula is C35H55NO9. The Bertz CT molecular complexity index is 1190. The maximum Gasteiger partial charge on any atom is 0.509 e. The number of amides is 2. The van der Waals surface area contributed by atoms with E-state index in [2.05, 4.69) is 13.8 Å². The van der Waals surface area contributed by atoms with Crippen LogP contribution in [-0.4, -0.2) is 73.8 Å². The molecule has 1 heterocycles. The van der Waals surface area contributed by atoms with E-state index in [0.717, 1.165) is 22.5 Å². The van der Waals surface area contributed by atoms with Crippen LogP contribution in [0.1, 0.15) is 94.1 Å². The van der Waals surface area contributed by atoms with E-state index in [0.29, 0.717) is 43.1 Å². The van der Waals surface area contributed by atoms with Crippen molar-refractivity contribution in [2.24, 2.45) is 11.8 Å². The van der Waals surface area contributed by atoms with Crippen LogP contribution in [0.2, 0.25) is 0 Å². The maximum atomic E-state index is 13.9. The lowest BCUT2D eigenvalue weighted by Gasteiger charge is -2.42. The van der Waals surface area contributed by atoms with Crippen LogP contribution in [-0.2, 0) is 30.2 Å². The van der Waals surface area contributed by atoms with Gasteiger partial charge in [0.15, 0.2) is 11.5 Å². The molecule has 0 unspecified atom stereocenters. The predicted octanol–water partition coefficient (Wildman–Crippen LogP) is 7.51. The van der Waals surface area contributed by atoms with Gasteiger partial charge in [-0.3, -0.25) is 4.79 Å². The summed E-state index contributed by atoms with van der Waals surface area (Å²) in [7, 11) is 3.26. The zero-order valence-electron chi connectivity index (χ0n) is 29.4. The van der Waals surface area contributed by atoms with E-state index in [1.807, 2.05) is 18.2 Å². The fourth-order valence-corrected chi connectivity index (χ4v) is 5.16. The minimum atomic E-state index is -0.851. The van der Waals surface area contributed by atoms with Crippen LogP contribution in [0.25, 0.3) is 0 Å². The third-order valence-corrected chi connectivity index (χ3v) is 7.44. The van der Waals surface area contributed by atoms with Gasteiger partial charge in [-0.25, -0.2) is 14.5 Å². The largest absolute Gasteiger partial charge is 0.509 e. The molecule has 1 aliphatic heterocycles. The maximum absolute atomic E-state index is 13.9. The summed E-state index contributed by atoms with van der Waals surface area (Å²) in [5, 5.41) is 0. The Kier molecular flexibility index (Phi) is 13.8. The Labute approximate surface area is 269 Å². The van der Waals surface area contributed by atoms with Crippen LogP contribution >= 0.6 is 0 Å². The van der Waals surface area contributed by atoms with Crippen LogP contribution in [0.3, 0.4) is 0 Å². The van der Waals surface area contributed by atoms with Crippen molar-refractivity contribution in [3.63, 3.8) is 0 Å². The van der Waals surface area contributed by atoms with Crippen molar-refractivity contribution in [3.05, 3.63) is 34.9 Å². The molecule has 0 aromatic heterocycles. The molecule has 1 fully saturated rings. The van der Waals surface area contributed by atoms with Gasteiger partial charge in [-0.1, -0.05) is 25.5 Å². The summed E-state index contributed by atoms with van der Waals surface area (Å²) < 4.78 is 33.8. The highest BCUT2D eigenvalue weighted by molar-refractivity contribution is 6.04. The normalized spacial score (nSPS) is 18.0. The third-order valence-electron chi connectivity index (χ3n) is 7.44. The molecule has 2 amide bonds. The first kappa shape index (κ1) is 37.9. The second kappa shape index (κ2) is 16.3. The zero-order valence-corrected chi connectivity index (χ0v) is 29.4. The van der Waals surface area contributed by atoms with E-state index in [1.165, 1.54) is 0 Å². The topological polar surface area (TPSA) is 110 Å². The average Bonchev–Trinajstić information content (AvgIpc) is 2.89. The van der Waals surface area contributed by atoms with Crippen molar-refractivity contribution < 1.29 is 42.8 Å². The van der Waals surface area contributed by atoms with Crippen LogP contribution < -0.4 is 9.47 Å². The van der Waals surface area contributed by atoms with Crippen molar-refractivity contribution in [2.45, 2.75) is 118 Å². The Morgan fingerprint density at radius 3 is 2.13 bits per heavy atom. The molecule has 0 aliphatic carbocycles. The fraction of sp³-hybridized carbons (Fsp3) is 0.686. The number of methoxy groups -OCH3 is 2. The summed E-state index contributed by atoms with van der Waals surface area (Å²) >= 11 is 0. The molecule has 1 aliphatic rings. The molecule has 0 radical (unpaired) electrons. The van der Waals surface area contributed by atoms with Gasteiger partial charge in [-0.2, -0.15) is 0 Å². The lowest BCUT2D eigenvalue weighted by atomic mass is 9.79. The highest BCUT2D eigenvalue weighted by atomic mass is 16.7. The van der Waals surface area contributed by atoms with Gasteiger partial charge in [-0.15, -0.1) is 0 Å². The molecule has 254 valence electrons.